The second-order valence-electron chi connectivity index (χ2n) is 7.53. The number of hydrogen-bond acceptors (Lipinski definition) is 6. The van der Waals surface area contributed by atoms with E-state index in [4.69, 9.17) is 9.88 Å². The summed E-state index contributed by atoms with van der Waals surface area (Å²) in [7, 11) is -2.63. The predicted molar refractivity (Wildman–Crippen MR) is 118 cm³/mol. The number of piperazine rings is 1. The van der Waals surface area contributed by atoms with Crippen molar-refractivity contribution < 1.29 is 17.9 Å². The molecule has 1 amide bonds. The standard InChI is InChI=1S/C21H28N4O4S/c1-15(2)24-10-12-25(13-11-24)18-7-4-16(5-8-18)21(26)23-17-6-9-19(29-3)20(14-17)30(22,27)28/h4-9,14-15H,10-13H2,1-3H3,(H,23,26)(H2,22,27,28). The molecule has 0 unspecified atom stereocenters. The molecular formula is C21H28N4O4S. The Morgan fingerprint density at radius 2 is 1.70 bits per heavy atom. The monoisotopic (exact) mass is 432 g/mol. The highest BCUT2D eigenvalue weighted by atomic mass is 32.2. The maximum Gasteiger partial charge on any atom is 0.255 e. The van der Waals surface area contributed by atoms with Crippen LogP contribution in [0.2, 0.25) is 0 Å². The highest BCUT2D eigenvalue weighted by Crippen LogP contribution is 2.26. The molecule has 3 rings (SSSR count). The normalized spacial score (nSPS) is 15.3. The molecule has 0 saturated carbocycles. The first-order valence-corrected chi connectivity index (χ1v) is 11.3. The first kappa shape index (κ1) is 22.1. The van der Waals surface area contributed by atoms with Crippen molar-refractivity contribution in [3.63, 3.8) is 0 Å². The summed E-state index contributed by atoms with van der Waals surface area (Å²) in [6.45, 7) is 8.35. The smallest absolute Gasteiger partial charge is 0.255 e. The fourth-order valence-corrected chi connectivity index (χ4v) is 4.22. The molecule has 1 heterocycles. The van der Waals surface area contributed by atoms with Gasteiger partial charge >= 0.3 is 0 Å². The molecule has 2 aromatic rings. The topological polar surface area (TPSA) is 105 Å². The summed E-state index contributed by atoms with van der Waals surface area (Å²) >= 11 is 0. The minimum absolute atomic E-state index is 0.123. The summed E-state index contributed by atoms with van der Waals surface area (Å²) in [5.74, 6) is -0.214. The van der Waals surface area contributed by atoms with Crippen LogP contribution in [-0.4, -0.2) is 58.6 Å². The number of nitrogens with zero attached hydrogens (tertiary/aromatic N) is 2. The maximum absolute atomic E-state index is 12.6. The molecule has 2 aromatic carbocycles. The molecule has 0 radical (unpaired) electrons. The SMILES string of the molecule is COc1ccc(NC(=O)c2ccc(N3CCN(C(C)C)CC3)cc2)cc1S(N)(=O)=O. The van der Waals surface area contributed by atoms with Crippen molar-refractivity contribution in [2.24, 2.45) is 5.14 Å². The van der Waals surface area contributed by atoms with Gasteiger partial charge in [-0.3, -0.25) is 9.69 Å². The maximum atomic E-state index is 12.6. The van der Waals surface area contributed by atoms with Gasteiger partial charge in [0.05, 0.1) is 7.11 Å². The van der Waals surface area contributed by atoms with Crippen LogP contribution in [0.3, 0.4) is 0 Å². The van der Waals surface area contributed by atoms with Gasteiger partial charge in [-0.25, -0.2) is 13.6 Å². The lowest BCUT2D eigenvalue weighted by Gasteiger charge is -2.38. The largest absolute Gasteiger partial charge is 0.495 e. The second-order valence-corrected chi connectivity index (χ2v) is 9.06. The van der Waals surface area contributed by atoms with E-state index in [1.165, 1.54) is 19.2 Å². The number of ether oxygens (including phenoxy) is 1. The van der Waals surface area contributed by atoms with Crippen molar-refractivity contribution in [3.8, 4) is 5.75 Å². The van der Waals surface area contributed by atoms with E-state index in [1.54, 1.807) is 18.2 Å². The number of methoxy groups -OCH3 is 1. The van der Waals surface area contributed by atoms with E-state index in [2.05, 4.69) is 29.0 Å². The number of benzene rings is 2. The van der Waals surface area contributed by atoms with Crippen LogP contribution < -0.4 is 20.1 Å². The summed E-state index contributed by atoms with van der Waals surface area (Å²) in [5, 5.41) is 7.93. The number of amides is 1. The first-order valence-electron chi connectivity index (χ1n) is 9.80. The average molecular weight is 433 g/mol. The van der Waals surface area contributed by atoms with Crippen LogP contribution in [0.1, 0.15) is 24.2 Å². The van der Waals surface area contributed by atoms with Crippen molar-refractivity contribution in [1.29, 1.82) is 0 Å². The molecule has 0 spiro atoms. The van der Waals surface area contributed by atoms with Crippen LogP contribution in [0.15, 0.2) is 47.4 Å². The minimum Gasteiger partial charge on any atom is -0.495 e. The summed E-state index contributed by atoms with van der Waals surface area (Å²) in [4.78, 5) is 17.2. The highest BCUT2D eigenvalue weighted by molar-refractivity contribution is 7.89. The second kappa shape index (κ2) is 9.03. The summed E-state index contributed by atoms with van der Waals surface area (Å²) < 4.78 is 28.5. The molecule has 0 bridgehead atoms. The Labute approximate surface area is 177 Å². The fourth-order valence-electron chi connectivity index (χ4n) is 3.50. The van der Waals surface area contributed by atoms with E-state index in [-0.39, 0.29) is 16.6 Å². The number of nitrogens with one attached hydrogen (secondary N) is 1. The van der Waals surface area contributed by atoms with Gasteiger partial charge in [-0.05, 0) is 56.3 Å². The van der Waals surface area contributed by atoms with Gasteiger partial charge in [0.15, 0.2) is 0 Å². The molecule has 1 saturated heterocycles. The lowest BCUT2D eigenvalue weighted by atomic mass is 10.1. The number of primary sulfonamides is 1. The van der Waals surface area contributed by atoms with E-state index >= 15 is 0 Å². The van der Waals surface area contributed by atoms with Crippen LogP contribution >= 0.6 is 0 Å². The summed E-state index contributed by atoms with van der Waals surface area (Å²) in [5.41, 5.74) is 1.88. The van der Waals surface area contributed by atoms with Gasteiger partial charge in [0.25, 0.3) is 5.91 Å². The lowest BCUT2D eigenvalue weighted by Crippen LogP contribution is -2.48. The van der Waals surface area contributed by atoms with Crippen molar-refractivity contribution in [3.05, 3.63) is 48.0 Å². The van der Waals surface area contributed by atoms with Crippen molar-refractivity contribution >= 4 is 27.3 Å². The fraction of sp³-hybridized carbons (Fsp3) is 0.381. The molecule has 8 nitrogen and oxygen atoms in total. The molecule has 1 fully saturated rings. The van der Waals surface area contributed by atoms with E-state index in [0.29, 0.717) is 17.3 Å². The van der Waals surface area contributed by atoms with Gasteiger partial charge < -0.3 is 15.0 Å². The molecule has 0 aliphatic carbocycles. The third-order valence-corrected chi connectivity index (χ3v) is 6.20. The summed E-state index contributed by atoms with van der Waals surface area (Å²) in [6, 6.07) is 12.3. The zero-order valence-electron chi connectivity index (χ0n) is 17.5. The Bertz CT molecular complexity index is 998. The van der Waals surface area contributed by atoms with Gasteiger partial charge in [-0.2, -0.15) is 0 Å². The minimum atomic E-state index is -3.98. The van der Waals surface area contributed by atoms with Gasteiger partial charge in [0, 0.05) is 49.2 Å². The van der Waals surface area contributed by atoms with Crippen molar-refractivity contribution in [2.75, 3.05) is 43.5 Å². The highest BCUT2D eigenvalue weighted by Gasteiger charge is 2.20. The number of nitrogens with two attached hydrogens (primary N) is 1. The van der Waals surface area contributed by atoms with Crippen LogP contribution in [0.5, 0.6) is 5.75 Å². The molecule has 1 aliphatic rings. The van der Waals surface area contributed by atoms with Crippen molar-refractivity contribution in [1.82, 2.24) is 4.90 Å². The number of hydrogen-bond donors (Lipinski definition) is 2. The lowest BCUT2D eigenvalue weighted by molar-refractivity contribution is 0.102. The zero-order chi connectivity index (χ0) is 21.9. The molecule has 1 aliphatic heterocycles. The molecule has 3 N–H and O–H groups in total. The van der Waals surface area contributed by atoms with E-state index in [0.717, 1.165) is 31.9 Å². The Morgan fingerprint density at radius 1 is 1.07 bits per heavy atom. The molecule has 9 heteroatoms. The van der Waals surface area contributed by atoms with Gasteiger partial charge in [0.1, 0.15) is 10.6 Å². The zero-order valence-corrected chi connectivity index (χ0v) is 18.3. The van der Waals surface area contributed by atoms with Gasteiger partial charge in [0.2, 0.25) is 10.0 Å². The van der Waals surface area contributed by atoms with Crippen LogP contribution in [0.4, 0.5) is 11.4 Å². The first-order chi connectivity index (χ1) is 14.2. The van der Waals surface area contributed by atoms with Gasteiger partial charge in [-0.15, -0.1) is 0 Å². The molecule has 0 aromatic heterocycles. The Kier molecular flexibility index (Phi) is 6.64. The molecular weight excluding hydrogens is 404 g/mol. The summed E-state index contributed by atoms with van der Waals surface area (Å²) in [6.07, 6.45) is 0. The average Bonchev–Trinajstić information content (AvgIpc) is 2.73. The molecule has 30 heavy (non-hydrogen) atoms. The molecule has 0 atom stereocenters. The quantitative estimate of drug-likeness (QED) is 0.725. The number of carbonyl (C=O) groups is 1. The van der Waals surface area contributed by atoms with Crippen molar-refractivity contribution in [2.45, 2.75) is 24.8 Å². The van der Waals surface area contributed by atoms with Gasteiger partial charge in [-0.1, -0.05) is 0 Å². The third-order valence-electron chi connectivity index (χ3n) is 5.27. The van der Waals surface area contributed by atoms with E-state index in [9.17, 15) is 13.2 Å². The Hall–Kier alpha value is -2.62. The molecule has 162 valence electrons. The number of carbonyl (C=O) groups excluding carboxylic acids is 1. The number of rotatable bonds is 6. The van der Waals surface area contributed by atoms with E-state index in [1.807, 2.05) is 12.1 Å². The predicted octanol–water partition coefficient (Wildman–Crippen LogP) is 2.13. The van der Waals surface area contributed by atoms with Crippen LogP contribution in [-0.2, 0) is 10.0 Å². The number of anilines is 2. The van der Waals surface area contributed by atoms with E-state index < -0.39 is 10.0 Å². The Morgan fingerprint density at radius 3 is 2.23 bits per heavy atom. The van der Waals surface area contributed by atoms with Crippen LogP contribution in [0, 0.1) is 0 Å². The van der Waals surface area contributed by atoms with Crippen LogP contribution in [0.25, 0.3) is 0 Å². The third kappa shape index (κ3) is 5.10. The number of sulfonamides is 1. The Balaban J connectivity index is 1.68.